The highest BCUT2D eigenvalue weighted by atomic mass is 16.6. The number of nitrogens with zero attached hydrogens (tertiary/aromatic N) is 1. The van der Waals surface area contributed by atoms with Gasteiger partial charge in [-0.15, -0.1) is 0 Å². The monoisotopic (exact) mass is 242 g/mol. The molecule has 4 heteroatoms. The highest BCUT2D eigenvalue weighted by Gasteiger charge is 2.12. The maximum Gasteiger partial charge on any atom is 0.161 e. The van der Waals surface area contributed by atoms with E-state index >= 15 is 0 Å². The van der Waals surface area contributed by atoms with Crippen molar-refractivity contribution in [3.05, 3.63) is 47.8 Å². The lowest BCUT2D eigenvalue weighted by atomic mass is 10.0. The number of hydrogen-bond donors (Lipinski definition) is 1. The van der Waals surface area contributed by atoms with Crippen molar-refractivity contribution < 1.29 is 9.47 Å². The number of nitrogens with two attached hydrogens (primary N) is 1. The van der Waals surface area contributed by atoms with Crippen LogP contribution in [-0.2, 0) is 6.42 Å². The third-order valence-corrected chi connectivity index (χ3v) is 2.94. The van der Waals surface area contributed by atoms with Crippen LogP contribution in [0.2, 0.25) is 0 Å². The molecule has 0 amide bonds. The van der Waals surface area contributed by atoms with Crippen molar-refractivity contribution in [1.82, 2.24) is 4.98 Å². The van der Waals surface area contributed by atoms with Crippen LogP contribution < -0.4 is 15.2 Å². The summed E-state index contributed by atoms with van der Waals surface area (Å²) in [6, 6.07) is 7.78. The van der Waals surface area contributed by atoms with Gasteiger partial charge in [-0.25, -0.2) is 0 Å². The van der Waals surface area contributed by atoms with E-state index in [9.17, 15) is 0 Å². The molecule has 0 atom stereocenters. The minimum Gasteiger partial charge on any atom is -0.486 e. The van der Waals surface area contributed by atoms with Crippen molar-refractivity contribution in [2.45, 2.75) is 6.42 Å². The number of ether oxygens (including phenoxy) is 2. The van der Waals surface area contributed by atoms with Crippen LogP contribution in [-0.4, -0.2) is 18.2 Å². The summed E-state index contributed by atoms with van der Waals surface area (Å²) in [4.78, 5) is 4.09. The molecule has 2 N–H and O–H groups in total. The van der Waals surface area contributed by atoms with Crippen molar-refractivity contribution in [1.29, 1.82) is 0 Å². The third-order valence-electron chi connectivity index (χ3n) is 2.94. The summed E-state index contributed by atoms with van der Waals surface area (Å²) in [6.07, 6.45) is 4.24. The normalized spacial score (nSPS) is 13.3. The fourth-order valence-corrected chi connectivity index (χ4v) is 2.00. The lowest BCUT2D eigenvalue weighted by Crippen LogP contribution is -2.15. The van der Waals surface area contributed by atoms with E-state index in [4.69, 9.17) is 15.2 Å². The van der Waals surface area contributed by atoms with Crippen LogP contribution in [0.3, 0.4) is 0 Å². The second-order valence-electron chi connectivity index (χ2n) is 4.23. The minimum atomic E-state index is 0.603. The standard InChI is InChI=1S/C14H14N2O2/c15-12-3-4-16-9-11(12)7-10-1-2-13-14(8-10)18-6-5-17-13/h1-4,8-9H,5-7H2,(H2,15,16). The largest absolute Gasteiger partial charge is 0.486 e. The van der Waals surface area contributed by atoms with Crippen LogP contribution in [0.1, 0.15) is 11.1 Å². The Labute approximate surface area is 105 Å². The van der Waals surface area contributed by atoms with E-state index < -0.39 is 0 Å². The Morgan fingerprint density at radius 2 is 1.94 bits per heavy atom. The van der Waals surface area contributed by atoms with Gasteiger partial charge in [0.2, 0.25) is 0 Å². The van der Waals surface area contributed by atoms with E-state index in [2.05, 4.69) is 4.98 Å². The third kappa shape index (κ3) is 2.09. The number of benzene rings is 1. The number of nitrogen functional groups attached to an aromatic ring is 1. The molecular weight excluding hydrogens is 228 g/mol. The smallest absolute Gasteiger partial charge is 0.161 e. The van der Waals surface area contributed by atoms with Gasteiger partial charge in [0.1, 0.15) is 13.2 Å². The molecule has 2 heterocycles. The molecule has 0 saturated carbocycles. The molecular formula is C14H14N2O2. The zero-order chi connectivity index (χ0) is 12.4. The van der Waals surface area contributed by atoms with Crippen LogP contribution in [0.15, 0.2) is 36.7 Å². The van der Waals surface area contributed by atoms with E-state index in [1.807, 2.05) is 24.3 Å². The summed E-state index contributed by atoms with van der Waals surface area (Å²) in [5.74, 6) is 1.62. The molecule has 2 aromatic rings. The van der Waals surface area contributed by atoms with Gasteiger partial charge in [0.25, 0.3) is 0 Å². The maximum atomic E-state index is 5.91. The van der Waals surface area contributed by atoms with Gasteiger partial charge in [0.05, 0.1) is 0 Å². The Morgan fingerprint density at radius 3 is 2.78 bits per heavy atom. The lowest BCUT2D eigenvalue weighted by molar-refractivity contribution is 0.171. The average Bonchev–Trinajstić information content (AvgIpc) is 2.41. The molecule has 0 unspecified atom stereocenters. The van der Waals surface area contributed by atoms with E-state index in [-0.39, 0.29) is 0 Å². The number of pyridine rings is 1. The van der Waals surface area contributed by atoms with Gasteiger partial charge in [-0.1, -0.05) is 6.07 Å². The Balaban J connectivity index is 1.87. The first-order valence-electron chi connectivity index (χ1n) is 5.90. The fraction of sp³-hybridized carbons (Fsp3) is 0.214. The molecule has 4 nitrogen and oxygen atoms in total. The molecule has 1 aromatic carbocycles. The molecule has 18 heavy (non-hydrogen) atoms. The molecule has 1 aliphatic rings. The first-order chi connectivity index (χ1) is 8.83. The van der Waals surface area contributed by atoms with Crippen molar-refractivity contribution >= 4 is 5.69 Å². The number of rotatable bonds is 2. The summed E-state index contributed by atoms with van der Waals surface area (Å²) >= 11 is 0. The summed E-state index contributed by atoms with van der Waals surface area (Å²) in [5.41, 5.74) is 8.83. The van der Waals surface area contributed by atoms with Gasteiger partial charge in [-0.2, -0.15) is 0 Å². The predicted molar refractivity (Wildman–Crippen MR) is 68.9 cm³/mol. The molecule has 0 aliphatic carbocycles. The van der Waals surface area contributed by atoms with Crippen molar-refractivity contribution in [2.75, 3.05) is 18.9 Å². The summed E-state index contributed by atoms with van der Waals surface area (Å²) in [7, 11) is 0. The van der Waals surface area contributed by atoms with Gasteiger partial charge >= 0.3 is 0 Å². The molecule has 1 aromatic heterocycles. The van der Waals surface area contributed by atoms with Crippen LogP contribution in [0, 0.1) is 0 Å². The zero-order valence-electron chi connectivity index (χ0n) is 9.93. The van der Waals surface area contributed by atoms with Crippen molar-refractivity contribution in [2.24, 2.45) is 0 Å². The molecule has 0 radical (unpaired) electrons. The van der Waals surface area contributed by atoms with Gasteiger partial charge in [-0.05, 0) is 29.3 Å². The molecule has 0 bridgehead atoms. The van der Waals surface area contributed by atoms with Gasteiger partial charge in [-0.3, -0.25) is 4.98 Å². The Hall–Kier alpha value is -2.23. The summed E-state index contributed by atoms with van der Waals surface area (Å²) < 4.78 is 11.1. The van der Waals surface area contributed by atoms with Gasteiger partial charge in [0.15, 0.2) is 11.5 Å². The molecule has 92 valence electrons. The number of hydrogen-bond acceptors (Lipinski definition) is 4. The SMILES string of the molecule is Nc1ccncc1Cc1ccc2c(c1)OCCO2. The van der Waals surface area contributed by atoms with E-state index in [0.29, 0.717) is 13.2 Å². The van der Waals surface area contributed by atoms with Crippen LogP contribution in [0.4, 0.5) is 5.69 Å². The molecule has 3 rings (SSSR count). The number of aromatic nitrogens is 1. The zero-order valence-corrected chi connectivity index (χ0v) is 9.93. The molecule has 1 aliphatic heterocycles. The minimum absolute atomic E-state index is 0.603. The lowest BCUT2D eigenvalue weighted by Gasteiger charge is -2.19. The Kier molecular flexibility index (Phi) is 2.76. The van der Waals surface area contributed by atoms with Crippen LogP contribution in [0.25, 0.3) is 0 Å². The van der Waals surface area contributed by atoms with E-state index in [1.54, 1.807) is 12.4 Å². The second kappa shape index (κ2) is 4.56. The highest BCUT2D eigenvalue weighted by Crippen LogP contribution is 2.31. The highest BCUT2D eigenvalue weighted by molar-refractivity contribution is 5.49. The number of anilines is 1. The van der Waals surface area contributed by atoms with Crippen molar-refractivity contribution in [3.63, 3.8) is 0 Å². The Bertz CT molecular complexity index is 569. The predicted octanol–water partition coefficient (Wildman–Crippen LogP) is 2.03. The van der Waals surface area contributed by atoms with E-state index in [1.165, 1.54) is 0 Å². The van der Waals surface area contributed by atoms with Crippen LogP contribution >= 0.6 is 0 Å². The van der Waals surface area contributed by atoms with Gasteiger partial charge < -0.3 is 15.2 Å². The Morgan fingerprint density at radius 1 is 1.11 bits per heavy atom. The quantitative estimate of drug-likeness (QED) is 0.875. The van der Waals surface area contributed by atoms with Crippen LogP contribution in [0.5, 0.6) is 11.5 Å². The first kappa shape index (κ1) is 10.9. The maximum absolute atomic E-state index is 5.91. The van der Waals surface area contributed by atoms with Crippen molar-refractivity contribution in [3.8, 4) is 11.5 Å². The summed E-state index contributed by atoms with van der Waals surface area (Å²) in [6.45, 7) is 1.22. The van der Waals surface area contributed by atoms with E-state index in [0.717, 1.165) is 34.7 Å². The van der Waals surface area contributed by atoms with Gasteiger partial charge in [0, 0.05) is 24.5 Å². The molecule has 0 spiro atoms. The topological polar surface area (TPSA) is 57.4 Å². The summed E-state index contributed by atoms with van der Waals surface area (Å²) in [5, 5.41) is 0. The first-order valence-corrected chi connectivity index (χ1v) is 5.90. The average molecular weight is 242 g/mol. The molecule has 0 saturated heterocycles. The number of fused-ring (bicyclic) bond motifs is 1. The second-order valence-corrected chi connectivity index (χ2v) is 4.23. The fourth-order valence-electron chi connectivity index (χ4n) is 2.00. The molecule has 0 fully saturated rings.